The van der Waals surface area contributed by atoms with Gasteiger partial charge in [0.2, 0.25) is 0 Å². The first-order chi connectivity index (χ1) is 7.01. The molecule has 0 aliphatic carbocycles. The van der Waals surface area contributed by atoms with Crippen LogP contribution in [0.5, 0.6) is 0 Å². The fraction of sp³-hybridized carbons (Fsp3) is 0.222. The minimum absolute atomic E-state index is 0.237. The summed E-state index contributed by atoms with van der Waals surface area (Å²) >= 11 is 0. The van der Waals surface area contributed by atoms with Gasteiger partial charge < -0.3 is 0 Å². The topological polar surface area (TPSA) is 56.9 Å². The third kappa shape index (κ3) is 1.56. The normalized spacial score (nSPS) is 11.9. The second kappa shape index (κ2) is 3.23. The first-order valence-corrected chi connectivity index (χ1v) is 5.84. The molecule has 0 aliphatic heterocycles. The molecule has 0 fully saturated rings. The number of hydrogen-bond acceptors (Lipinski definition) is 3. The van der Waals surface area contributed by atoms with E-state index in [4.69, 9.17) is 0 Å². The predicted octanol–water partition coefficient (Wildman–Crippen LogP) is 0.767. The summed E-state index contributed by atoms with van der Waals surface area (Å²) in [5.74, 6) is 0. The van der Waals surface area contributed by atoms with E-state index in [-0.39, 0.29) is 4.90 Å². The smallest absolute Gasteiger partial charge is 0.270 e. The van der Waals surface area contributed by atoms with Crippen LogP contribution in [0.4, 0.5) is 0 Å². The second-order valence-electron chi connectivity index (χ2n) is 3.27. The van der Waals surface area contributed by atoms with Gasteiger partial charge in [0.1, 0.15) is 4.90 Å². The number of hydrogen-bond donors (Lipinski definition) is 0. The van der Waals surface area contributed by atoms with E-state index in [0.717, 1.165) is 0 Å². The van der Waals surface area contributed by atoms with Gasteiger partial charge >= 0.3 is 0 Å². The van der Waals surface area contributed by atoms with Crippen molar-refractivity contribution in [3.63, 3.8) is 0 Å². The summed E-state index contributed by atoms with van der Waals surface area (Å²) in [7, 11) is -1.78. The van der Waals surface area contributed by atoms with Crippen LogP contribution in [0.1, 0.15) is 5.69 Å². The molecule has 80 valence electrons. The Hall–Kier alpha value is -1.56. The Morgan fingerprint density at radius 1 is 1.27 bits per heavy atom. The quantitative estimate of drug-likeness (QED) is 0.758. The van der Waals surface area contributed by atoms with Gasteiger partial charge in [-0.15, -0.1) is 0 Å². The molecule has 6 heteroatoms. The molecule has 0 unspecified atom stereocenters. The maximum absolute atomic E-state index is 12.0. The summed E-state index contributed by atoms with van der Waals surface area (Å²) in [6.45, 7) is 1.68. The highest BCUT2D eigenvalue weighted by Crippen LogP contribution is 2.16. The van der Waals surface area contributed by atoms with Crippen molar-refractivity contribution in [1.29, 1.82) is 0 Å². The average Bonchev–Trinajstić information content (AvgIpc) is 2.74. The first-order valence-electron chi connectivity index (χ1n) is 4.40. The summed E-state index contributed by atoms with van der Waals surface area (Å²) in [6.07, 6.45) is 4.51. The van der Waals surface area contributed by atoms with Gasteiger partial charge in [0.05, 0.1) is 5.69 Å². The van der Waals surface area contributed by atoms with Crippen molar-refractivity contribution in [3.05, 3.63) is 36.4 Å². The van der Waals surface area contributed by atoms with Crippen molar-refractivity contribution in [3.8, 4) is 0 Å². The Morgan fingerprint density at radius 2 is 1.87 bits per heavy atom. The lowest BCUT2D eigenvalue weighted by Gasteiger charge is -2.02. The van der Waals surface area contributed by atoms with E-state index in [2.05, 4.69) is 5.10 Å². The summed E-state index contributed by atoms with van der Waals surface area (Å²) < 4.78 is 26.7. The van der Waals surface area contributed by atoms with E-state index in [1.807, 2.05) is 0 Å². The highest BCUT2D eigenvalue weighted by Gasteiger charge is 2.20. The highest BCUT2D eigenvalue weighted by molar-refractivity contribution is 7.90. The molecule has 0 bridgehead atoms. The Morgan fingerprint density at radius 3 is 2.33 bits per heavy atom. The van der Waals surface area contributed by atoms with E-state index in [1.165, 1.54) is 27.2 Å². The molecule has 0 spiro atoms. The molecule has 2 aromatic rings. The summed E-state index contributed by atoms with van der Waals surface area (Å²) in [6, 6.07) is 3.34. The number of aryl methyl sites for hydroxylation is 2. The molecule has 0 radical (unpaired) electrons. The Labute approximate surface area is 88.0 Å². The van der Waals surface area contributed by atoms with E-state index < -0.39 is 10.0 Å². The van der Waals surface area contributed by atoms with Gasteiger partial charge in [-0.2, -0.15) is 5.10 Å². The Bertz CT molecular complexity index is 567. The molecule has 0 aromatic carbocycles. The molecule has 0 atom stereocenters. The lowest BCUT2D eigenvalue weighted by molar-refractivity contribution is 0.587. The van der Waals surface area contributed by atoms with E-state index in [9.17, 15) is 8.42 Å². The van der Waals surface area contributed by atoms with Crippen LogP contribution < -0.4 is 0 Å². The van der Waals surface area contributed by atoms with Crippen molar-refractivity contribution >= 4 is 10.0 Å². The molecule has 2 heterocycles. The molecule has 0 amide bonds. The summed E-state index contributed by atoms with van der Waals surface area (Å²) in [5.41, 5.74) is 0.506. The van der Waals surface area contributed by atoms with Crippen LogP contribution in [-0.2, 0) is 17.1 Å². The molecule has 15 heavy (non-hydrogen) atoms. The van der Waals surface area contributed by atoms with Gasteiger partial charge in [0.15, 0.2) is 0 Å². The third-order valence-corrected chi connectivity index (χ3v) is 3.86. The van der Waals surface area contributed by atoms with Gasteiger partial charge in [-0.1, -0.05) is 0 Å². The number of nitrogens with zero attached hydrogens (tertiary/aromatic N) is 3. The maximum atomic E-state index is 12.0. The van der Waals surface area contributed by atoms with E-state index >= 15 is 0 Å². The highest BCUT2D eigenvalue weighted by atomic mass is 32.2. The molecule has 2 aromatic heterocycles. The monoisotopic (exact) mass is 225 g/mol. The van der Waals surface area contributed by atoms with Crippen molar-refractivity contribution in [2.75, 3.05) is 0 Å². The molecule has 0 aliphatic rings. The van der Waals surface area contributed by atoms with Gasteiger partial charge in [-0.25, -0.2) is 12.4 Å². The largest absolute Gasteiger partial charge is 0.274 e. The predicted molar refractivity (Wildman–Crippen MR) is 55.0 cm³/mol. The zero-order valence-corrected chi connectivity index (χ0v) is 9.27. The van der Waals surface area contributed by atoms with Crippen molar-refractivity contribution in [1.82, 2.24) is 13.8 Å². The van der Waals surface area contributed by atoms with Gasteiger partial charge in [0.25, 0.3) is 10.0 Å². The lowest BCUT2D eigenvalue weighted by Crippen LogP contribution is -2.11. The van der Waals surface area contributed by atoms with Crippen LogP contribution in [-0.4, -0.2) is 22.2 Å². The van der Waals surface area contributed by atoms with Crippen LogP contribution >= 0.6 is 0 Å². The minimum Gasteiger partial charge on any atom is -0.274 e. The van der Waals surface area contributed by atoms with Gasteiger partial charge in [-0.3, -0.25) is 4.68 Å². The summed E-state index contributed by atoms with van der Waals surface area (Å²) in [5, 5.41) is 4.01. The fourth-order valence-corrected chi connectivity index (χ4v) is 2.81. The third-order valence-electron chi connectivity index (χ3n) is 2.10. The molecule has 5 nitrogen and oxygen atoms in total. The SMILES string of the molecule is Cc1nn(C)cc1S(=O)(=O)n1cccc1. The van der Waals surface area contributed by atoms with Gasteiger partial charge in [0, 0.05) is 25.6 Å². The molecular formula is C9H11N3O2S. The van der Waals surface area contributed by atoms with Crippen molar-refractivity contribution < 1.29 is 8.42 Å². The summed E-state index contributed by atoms with van der Waals surface area (Å²) in [4.78, 5) is 0.237. The molecular weight excluding hydrogens is 214 g/mol. The van der Waals surface area contributed by atoms with Crippen LogP contribution in [0.2, 0.25) is 0 Å². The Kier molecular flexibility index (Phi) is 2.15. The first kappa shape index (κ1) is 9.97. The van der Waals surface area contributed by atoms with E-state index in [0.29, 0.717) is 5.69 Å². The standard InChI is InChI=1S/C9H11N3O2S/c1-8-9(7-11(2)10-8)15(13,14)12-5-3-4-6-12/h3-7H,1-2H3. The van der Waals surface area contributed by atoms with Crippen LogP contribution in [0.15, 0.2) is 35.6 Å². The number of rotatable bonds is 2. The molecule has 0 saturated carbocycles. The van der Waals surface area contributed by atoms with Crippen LogP contribution in [0.25, 0.3) is 0 Å². The van der Waals surface area contributed by atoms with E-state index in [1.54, 1.807) is 26.1 Å². The Balaban J connectivity index is 2.61. The zero-order valence-electron chi connectivity index (χ0n) is 8.45. The average molecular weight is 225 g/mol. The van der Waals surface area contributed by atoms with Gasteiger partial charge in [-0.05, 0) is 19.1 Å². The zero-order chi connectivity index (χ0) is 11.1. The number of aromatic nitrogens is 3. The molecule has 2 rings (SSSR count). The lowest BCUT2D eigenvalue weighted by atomic mass is 10.5. The minimum atomic E-state index is -3.47. The van der Waals surface area contributed by atoms with Crippen LogP contribution in [0.3, 0.4) is 0 Å². The van der Waals surface area contributed by atoms with Crippen molar-refractivity contribution in [2.45, 2.75) is 11.8 Å². The van der Waals surface area contributed by atoms with Crippen molar-refractivity contribution in [2.24, 2.45) is 7.05 Å². The van der Waals surface area contributed by atoms with Crippen LogP contribution in [0, 0.1) is 6.92 Å². The molecule has 0 N–H and O–H groups in total. The fourth-order valence-electron chi connectivity index (χ4n) is 1.42. The molecule has 0 saturated heterocycles. The maximum Gasteiger partial charge on any atom is 0.270 e. The second-order valence-corrected chi connectivity index (χ2v) is 5.08.